The third-order valence-electron chi connectivity index (χ3n) is 2.17. The van der Waals surface area contributed by atoms with Crippen molar-refractivity contribution in [3.63, 3.8) is 0 Å². The van der Waals surface area contributed by atoms with Crippen molar-refractivity contribution >= 4 is 5.84 Å². The molecule has 1 aromatic carbocycles. The molecule has 4 nitrogen and oxygen atoms in total. The minimum Gasteiger partial charge on any atom is -0.482 e. The summed E-state index contributed by atoms with van der Waals surface area (Å²) in [7, 11) is 0. The van der Waals surface area contributed by atoms with E-state index in [0.717, 1.165) is 17.7 Å². The number of rotatable bonds is 5. The van der Waals surface area contributed by atoms with Crippen LogP contribution in [0.2, 0.25) is 0 Å². The lowest BCUT2D eigenvalue weighted by atomic mass is 10.1. The van der Waals surface area contributed by atoms with Crippen LogP contribution in [-0.2, 0) is 6.42 Å². The highest BCUT2D eigenvalue weighted by atomic mass is 16.5. The molecule has 0 bridgehead atoms. The first-order valence-electron chi connectivity index (χ1n) is 5.02. The third kappa shape index (κ3) is 3.02. The second kappa shape index (κ2) is 5.80. The van der Waals surface area contributed by atoms with Gasteiger partial charge in [0, 0.05) is 0 Å². The van der Waals surface area contributed by atoms with Crippen molar-refractivity contribution in [2.24, 2.45) is 10.9 Å². The first-order chi connectivity index (χ1) is 7.69. The zero-order valence-electron chi connectivity index (χ0n) is 9.26. The molecule has 0 saturated carbocycles. The number of para-hydroxylation sites is 1. The van der Waals surface area contributed by atoms with Crippen molar-refractivity contribution in [3.8, 4) is 5.75 Å². The zero-order chi connectivity index (χ0) is 12.0. The van der Waals surface area contributed by atoms with Crippen LogP contribution in [-0.4, -0.2) is 17.1 Å². The number of oxime groups is 1. The van der Waals surface area contributed by atoms with E-state index in [1.54, 1.807) is 13.0 Å². The molecule has 86 valence electrons. The number of nitrogens with zero attached hydrogens (tertiary/aromatic N) is 1. The molecule has 16 heavy (non-hydrogen) atoms. The molecule has 0 radical (unpaired) electrons. The highest BCUT2D eigenvalue weighted by molar-refractivity contribution is 5.84. The predicted molar refractivity (Wildman–Crippen MR) is 63.8 cm³/mol. The Morgan fingerprint density at radius 2 is 2.31 bits per heavy atom. The van der Waals surface area contributed by atoms with Crippen LogP contribution < -0.4 is 10.5 Å². The second-order valence-corrected chi connectivity index (χ2v) is 3.39. The Morgan fingerprint density at radius 3 is 2.94 bits per heavy atom. The number of benzene rings is 1. The molecule has 1 atom stereocenters. The number of hydrogen-bond acceptors (Lipinski definition) is 3. The lowest BCUT2D eigenvalue weighted by Crippen LogP contribution is -2.31. The topological polar surface area (TPSA) is 67.8 Å². The number of ether oxygens (including phenoxy) is 1. The number of hydrogen-bond donors (Lipinski definition) is 2. The molecule has 4 heteroatoms. The summed E-state index contributed by atoms with van der Waals surface area (Å²) in [6.45, 7) is 5.41. The van der Waals surface area contributed by atoms with Gasteiger partial charge in [-0.1, -0.05) is 29.4 Å². The van der Waals surface area contributed by atoms with Crippen LogP contribution in [0, 0.1) is 0 Å². The molecule has 0 unspecified atom stereocenters. The third-order valence-corrected chi connectivity index (χ3v) is 2.17. The van der Waals surface area contributed by atoms with Crippen molar-refractivity contribution in [1.29, 1.82) is 0 Å². The van der Waals surface area contributed by atoms with Crippen LogP contribution in [0.5, 0.6) is 5.75 Å². The standard InChI is InChI=1S/C12H16N2O2/c1-3-6-10-7-4-5-8-11(10)16-9(2)12(13)14-15/h3-5,7-9,15H,1,6H2,2H3,(H2,13,14)/t9-/m0/s1. The van der Waals surface area contributed by atoms with Gasteiger partial charge >= 0.3 is 0 Å². The summed E-state index contributed by atoms with van der Waals surface area (Å²) in [4.78, 5) is 0. The number of allylic oxidation sites excluding steroid dienone is 1. The van der Waals surface area contributed by atoms with Crippen molar-refractivity contribution in [1.82, 2.24) is 0 Å². The number of nitrogens with two attached hydrogens (primary N) is 1. The highest BCUT2D eigenvalue weighted by Crippen LogP contribution is 2.20. The van der Waals surface area contributed by atoms with Crippen LogP contribution >= 0.6 is 0 Å². The lowest BCUT2D eigenvalue weighted by Gasteiger charge is -2.15. The van der Waals surface area contributed by atoms with Gasteiger partial charge in [0.1, 0.15) is 5.75 Å². The van der Waals surface area contributed by atoms with E-state index < -0.39 is 6.10 Å². The molecule has 0 aliphatic rings. The van der Waals surface area contributed by atoms with E-state index in [1.807, 2.05) is 24.3 Å². The molecular formula is C12H16N2O2. The summed E-state index contributed by atoms with van der Waals surface area (Å²) in [6, 6.07) is 7.61. The minimum absolute atomic E-state index is 0.0495. The van der Waals surface area contributed by atoms with Crippen molar-refractivity contribution in [3.05, 3.63) is 42.5 Å². The first kappa shape index (κ1) is 12.1. The molecule has 0 aromatic heterocycles. The lowest BCUT2D eigenvalue weighted by molar-refractivity contribution is 0.264. The zero-order valence-corrected chi connectivity index (χ0v) is 9.26. The number of amidine groups is 1. The Hall–Kier alpha value is -1.97. The smallest absolute Gasteiger partial charge is 0.180 e. The Labute approximate surface area is 95.0 Å². The summed E-state index contributed by atoms with van der Waals surface area (Å²) < 4.78 is 5.59. The van der Waals surface area contributed by atoms with Crippen LogP contribution in [0.25, 0.3) is 0 Å². The molecule has 0 aliphatic heterocycles. The second-order valence-electron chi connectivity index (χ2n) is 3.39. The molecule has 1 rings (SSSR count). The largest absolute Gasteiger partial charge is 0.482 e. The van der Waals surface area contributed by atoms with Gasteiger partial charge in [-0.3, -0.25) is 0 Å². The molecule has 1 aromatic rings. The van der Waals surface area contributed by atoms with E-state index in [1.165, 1.54) is 0 Å². The Bertz CT molecular complexity index is 388. The van der Waals surface area contributed by atoms with Crippen molar-refractivity contribution < 1.29 is 9.94 Å². The Morgan fingerprint density at radius 1 is 1.62 bits per heavy atom. The van der Waals surface area contributed by atoms with E-state index in [-0.39, 0.29) is 5.84 Å². The Balaban J connectivity index is 2.83. The SMILES string of the molecule is C=CCc1ccccc1O[C@@H](C)/C(N)=N\O. The van der Waals surface area contributed by atoms with Crippen LogP contribution in [0.4, 0.5) is 0 Å². The molecule has 0 saturated heterocycles. The predicted octanol–water partition coefficient (Wildman–Crippen LogP) is 1.93. The Kier molecular flexibility index (Phi) is 4.39. The maximum absolute atomic E-state index is 8.52. The summed E-state index contributed by atoms with van der Waals surface area (Å²) in [6.07, 6.45) is 2.06. The van der Waals surface area contributed by atoms with E-state index in [0.29, 0.717) is 0 Å². The van der Waals surface area contributed by atoms with Gasteiger partial charge in [-0.05, 0) is 25.0 Å². The van der Waals surface area contributed by atoms with E-state index in [4.69, 9.17) is 15.7 Å². The fourth-order valence-electron chi connectivity index (χ4n) is 1.28. The van der Waals surface area contributed by atoms with Gasteiger partial charge in [0.25, 0.3) is 0 Å². The van der Waals surface area contributed by atoms with Gasteiger partial charge in [-0.25, -0.2) is 0 Å². The fourth-order valence-corrected chi connectivity index (χ4v) is 1.28. The average molecular weight is 220 g/mol. The van der Waals surface area contributed by atoms with Gasteiger partial charge in [-0.15, -0.1) is 6.58 Å². The molecule has 0 amide bonds. The van der Waals surface area contributed by atoms with Gasteiger partial charge in [-0.2, -0.15) is 0 Å². The molecule has 0 spiro atoms. The van der Waals surface area contributed by atoms with Crippen molar-refractivity contribution in [2.45, 2.75) is 19.4 Å². The monoisotopic (exact) mass is 220 g/mol. The van der Waals surface area contributed by atoms with Gasteiger partial charge in [0.05, 0.1) is 0 Å². The first-order valence-corrected chi connectivity index (χ1v) is 5.02. The molecule has 0 heterocycles. The van der Waals surface area contributed by atoms with E-state index in [9.17, 15) is 0 Å². The van der Waals surface area contributed by atoms with E-state index in [2.05, 4.69) is 11.7 Å². The van der Waals surface area contributed by atoms with Crippen molar-refractivity contribution in [2.75, 3.05) is 0 Å². The summed E-state index contributed by atoms with van der Waals surface area (Å²) in [5, 5.41) is 11.4. The molecular weight excluding hydrogens is 204 g/mol. The fraction of sp³-hybridized carbons (Fsp3) is 0.250. The molecule has 0 aliphatic carbocycles. The molecule has 3 N–H and O–H groups in total. The minimum atomic E-state index is -0.462. The summed E-state index contributed by atoms with van der Waals surface area (Å²) in [5.41, 5.74) is 6.47. The van der Waals surface area contributed by atoms with Crippen LogP contribution in [0.3, 0.4) is 0 Å². The van der Waals surface area contributed by atoms with Gasteiger partial charge < -0.3 is 15.7 Å². The maximum atomic E-state index is 8.52. The highest BCUT2D eigenvalue weighted by Gasteiger charge is 2.11. The van der Waals surface area contributed by atoms with E-state index >= 15 is 0 Å². The maximum Gasteiger partial charge on any atom is 0.180 e. The summed E-state index contributed by atoms with van der Waals surface area (Å²) >= 11 is 0. The van der Waals surface area contributed by atoms with Crippen LogP contribution in [0.1, 0.15) is 12.5 Å². The quantitative estimate of drug-likeness (QED) is 0.262. The molecule has 0 fully saturated rings. The average Bonchev–Trinajstić information content (AvgIpc) is 2.31. The summed E-state index contributed by atoms with van der Waals surface area (Å²) in [5.74, 6) is 0.773. The normalized spacial score (nSPS) is 13.2. The van der Waals surface area contributed by atoms with Crippen LogP contribution in [0.15, 0.2) is 42.1 Å². The van der Waals surface area contributed by atoms with Gasteiger partial charge in [0.15, 0.2) is 11.9 Å². The van der Waals surface area contributed by atoms with Gasteiger partial charge in [0.2, 0.25) is 0 Å².